The van der Waals surface area contributed by atoms with E-state index in [-0.39, 0.29) is 11.4 Å². The van der Waals surface area contributed by atoms with Gasteiger partial charge in [-0.15, -0.1) is 10.2 Å². The van der Waals surface area contributed by atoms with E-state index in [1.54, 1.807) is 7.11 Å². The van der Waals surface area contributed by atoms with E-state index in [0.717, 1.165) is 29.5 Å². The Morgan fingerprint density at radius 1 is 1.19 bits per heavy atom. The molecule has 1 heterocycles. The number of methoxy groups -OCH3 is 1. The van der Waals surface area contributed by atoms with E-state index < -0.39 is 22.7 Å². The molecule has 0 saturated heterocycles. The Balaban J connectivity index is 1.71. The zero-order valence-corrected chi connectivity index (χ0v) is 17.9. The summed E-state index contributed by atoms with van der Waals surface area (Å²) in [5.74, 6) is 0.0836. The van der Waals surface area contributed by atoms with Gasteiger partial charge < -0.3 is 10.1 Å². The highest BCUT2D eigenvalue weighted by molar-refractivity contribution is 7.99. The third kappa shape index (κ3) is 5.99. The van der Waals surface area contributed by atoms with Crippen LogP contribution >= 0.6 is 23.4 Å². The van der Waals surface area contributed by atoms with Crippen molar-refractivity contribution >= 4 is 35.0 Å². The number of thioether (sulfide) groups is 1. The third-order valence-corrected chi connectivity index (χ3v) is 5.45. The van der Waals surface area contributed by atoms with E-state index in [4.69, 9.17) is 16.3 Å². The first-order chi connectivity index (χ1) is 14.8. The second kappa shape index (κ2) is 10.2. The van der Waals surface area contributed by atoms with Crippen LogP contribution in [0.2, 0.25) is 5.02 Å². The molecule has 2 aromatic carbocycles. The molecular formula is C20H18ClF3N4O2S. The summed E-state index contributed by atoms with van der Waals surface area (Å²) in [6, 6.07) is 12.7. The summed E-state index contributed by atoms with van der Waals surface area (Å²) in [7, 11) is 1.58. The molecule has 11 heteroatoms. The lowest BCUT2D eigenvalue weighted by Gasteiger charge is -2.12. The molecule has 0 radical (unpaired) electrons. The number of nitrogens with zero attached hydrogens (tertiary/aromatic N) is 3. The molecule has 1 aromatic heterocycles. The van der Waals surface area contributed by atoms with Gasteiger partial charge in [0.05, 0.1) is 29.5 Å². The van der Waals surface area contributed by atoms with Crippen LogP contribution in [0.3, 0.4) is 0 Å². The van der Waals surface area contributed by atoms with Crippen molar-refractivity contribution < 1.29 is 22.7 Å². The average Bonchev–Trinajstić information content (AvgIpc) is 3.14. The van der Waals surface area contributed by atoms with Gasteiger partial charge in [-0.25, -0.2) is 0 Å². The van der Waals surface area contributed by atoms with Crippen LogP contribution in [0, 0.1) is 0 Å². The molecule has 0 aliphatic heterocycles. The molecule has 31 heavy (non-hydrogen) atoms. The van der Waals surface area contributed by atoms with E-state index in [0.29, 0.717) is 24.1 Å². The Hall–Kier alpha value is -2.56. The van der Waals surface area contributed by atoms with Gasteiger partial charge in [-0.2, -0.15) is 13.2 Å². The predicted octanol–water partition coefficient (Wildman–Crippen LogP) is 4.99. The number of amides is 1. The summed E-state index contributed by atoms with van der Waals surface area (Å²) in [5, 5.41) is 10.9. The monoisotopic (exact) mass is 470 g/mol. The predicted molar refractivity (Wildman–Crippen MR) is 113 cm³/mol. The highest BCUT2D eigenvalue weighted by atomic mass is 35.5. The molecular weight excluding hydrogens is 453 g/mol. The Kier molecular flexibility index (Phi) is 7.58. The number of hydrogen-bond acceptors (Lipinski definition) is 5. The van der Waals surface area contributed by atoms with Crippen LogP contribution in [-0.4, -0.2) is 40.1 Å². The second-order valence-electron chi connectivity index (χ2n) is 6.35. The number of halogens is 4. The normalized spacial score (nSPS) is 11.5. The van der Waals surface area contributed by atoms with Crippen LogP contribution in [0.25, 0.3) is 11.4 Å². The van der Waals surface area contributed by atoms with E-state index in [1.165, 1.54) is 6.07 Å². The Bertz CT molecular complexity index is 1040. The molecule has 0 fully saturated rings. The highest BCUT2D eigenvalue weighted by Crippen LogP contribution is 2.36. The molecule has 0 bridgehead atoms. The van der Waals surface area contributed by atoms with Crippen LogP contribution in [0.4, 0.5) is 18.9 Å². The first-order valence-corrected chi connectivity index (χ1v) is 10.4. The molecule has 0 aliphatic rings. The number of alkyl halides is 3. The summed E-state index contributed by atoms with van der Waals surface area (Å²) >= 11 is 6.73. The van der Waals surface area contributed by atoms with Gasteiger partial charge in [0.25, 0.3) is 0 Å². The first-order valence-electron chi connectivity index (χ1n) is 9.06. The van der Waals surface area contributed by atoms with Crippen molar-refractivity contribution in [2.75, 3.05) is 24.8 Å². The van der Waals surface area contributed by atoms with E-state index in [1.807, 2.05) is 34.9 Å². The van der Waals surface area contributed by atoms with Gasteiger partial charge in [0.15, 0.2) is 11.0 Å². The summed E-state index contributed by atoms with van der Waals surface area (Å²) < 4.78 is 46.0. The number of benzene rings is 2. The molecule has 0 aliphatic carbocycles. The maximum atomic E-state index is 13.0. The van der Waals surface area contributed by atoms with Gasteiger partial charge in [0.1, 0.15) is 0 Å². The zero-order valence-electron chi connectivity index (χ0n) is 16.3. The average molecular weight is 471 g/mol. The Labute approximate surface area is 185 Å². The number of ether oxygens (including phenoxy) is 1. The molecule has 0 spiro atoms. The van der Waals surface area contributed by atoms with Crippen molar-refractivity contribution in [2.45, 2.75) is 17.9 Å². The van der Waals surface area contributed by atoms with E-state index in [2.05, 4.69) is 15.5 Å². The lowest BCUT2D eigenvalue weighted by molar-refractivity contribution is -0.137. The molecule has 3 rings (SSSR count). The van der Waals surface area contributed by atoms with Crippen molar-refractivity contribution in [3.8, 4) is 11.4 Å². The molecule has 164 valence electrons. The standard InChI is InChI=1S/C20H18ClF3N4O2S/c1-30-10-9-28-18(13-5-3-2-4-6-13)26-27-19(28)31-12-17(29)25-14-7-8-16(21)15(11-14)20(22,23)24/h2-8,11H,9-10,12H2,1H3,(H,25,29). The second-order valence-corrected chi connectivity index (χ2v) is 7.70. The number of nitrogens with one attached hydrogen (secondary N) is 1. The molecule has 3 aromatic rings. The number of rotatable bonds is 8. The number of carbonyl (C=O) groups excluding carboxylic acids is 1. The third-order valence-electron chi connectivity index (χ3n) is 4.16. The molecule has 0 atom stereocenters. The van der Waals surface area contributed by atoms with Crippen molar-refractivity contribution in [3.63, 3.8) is 0 Å². The number of anilines is 1. The lowest BCUT2D eigenvalue weighted by atomic mass is 10.2. The topological polar surface area (TPSA) is 69.0 Å². The van der Waals surface area contributed by atoms with Crippen LogP contribution in [0.15, 0.2) is 53.7 Å². The van der Waals surface area contributed by atoms with Crippen molar-refractivity contribution in [3.05, 3.63) is 59.1 Å². The molecule has 6 nitrogen and oxygen atoms in total. The molecule has 1 N–H and O–H groups in total. The van der Waals surface area contributed by atoms with Crippen LogP contribution in [0.1, 0.15) is 5.56 Å². The maximum absolute atomic E-state index is 13.0. The first kappa shape index (κ1) is 23.1. The van der Waals surface area contributed by atoms with E-state index in [9.17, 15) is 18.0 Å². The summed E-state index contributed by atoms with van der Waals surface area (Å²) in [5.41, 5.74) is -0.136. The number of aromatic nitrogens is 3. The van der Waals surface area contributed by atoms with Crippen LogP contribution < -0.4 is 5.32 Å². The van der Waals surface area contributed by atoms with Crippen molar-refractivity contribution in [2.24, 2.45) is 0 Å². The van der Waals surface area contributed by atoms with Crippen molar-refractivity contribution in [1.29, 1.82) is 0 Å². The van der Waals surface area contributed by atoms with Crippen LogP contribution in [0.5, 0.6) is 0 Å². The van der Waals surface area contributed by atoms with Crippen molar-refractivity contribution in [1.82, 2.24) is 14.8 Å². The summed E-state index contributed by atoms with van der Waals surface area (Å²) in [6.07, 6.45) is -4.61. The fourth-order valence-electron chi connectivity index (χ4n) is 2.73. The minimum absolute atomic E-state index is 0.00755. The SMILES string of the molecule is COCCn1c(SCC(=O)Nc2ccc(Cl)c(C(F)(F)F)c2)nnc1-c1ccccc1. The minimum Gasteiger partial charge on any atom is -0.383 e. The van der Waals surface area contributed by atoms with E-state index >= 15 is 0 Å². The minimum atomic E-state index is -4.61. The van der Waals surface area contributed by atoms with Gasteiger partial charge in [-0.3, -0.25) is 9.36 Å². The fourth-order valence-corrected chi connectivity index (χ4v) is 3.72. The number of carbonyl (C=O) groups is 1. The number of hydrogen-bond donors (Lipinski definition) is 1. The molecule has 1 amide bonds. The summed E-state index contributed by atoms with van der Waals surface area (Å²) in [6.45, 7) is 0.895. The Morgan fingerprint density at radius 2 is 1.94 bits per heavy atom. The highest BCUT2D eigenvalue weighted by Gasteiger charge is 2.33. The smallest absolute Gasteiger partial charge is 0.383 e. The van der Waals surface area contributed by atoms with Gasteiger partial charge in [0.2, 0.25) is 5.91 Å². The van der Waals surface area contributed by atoms with Gasteiger partial charge >= 0.3 is 6.18 Å². The Morgan fingerprint density at radius 3 is 2.61 bits per heavy atom. The van der Waals surface area contributed by atoms with Gasteiger partial charge in [-0.05, 0) is 18.2 Å². The summed E-state index contributed by atoms with van der Waals surface area (Å²) in [4.78, 5) is 12.3. The lowest BCUT2D eigenvalue weighted by Crippen LogP contribution is -2.16. The maximum Gasteiger partial charge on any atom is 0.417 e. The van der Waals surface area contributed by atoms with Gasteiger partial charge in [-0.1, -0.05) is 53.7 Å². The quantitative estimate of drug-likeness (QED) is 0.469. The van der Waals surface area contributed by atoms with Gasteiger partial charge in [0, 0.05) is 18.4 Å². The molecule has 0 saturated carbocycles. The molecule has 0 unspecified atom stereocenters. The zero-order chi connectivity index (χ0) is 22.4. The van der Waals surface area contributed by atoms with Crippen LogP contribution in [-0.2, 0) is 22.3 Å². The largest absolute Gasteiger partial charge is 0.417 e. The fraction of sp³-hybridized carbons (Fsp3) is 0.250.